The predicted octanol–water partition coefficient (Wildman–Crippen LogP) is 3.80. The second-order valence-electron chi connectivity index (χ2n) is 6.97. The lowest BCUT2D eigenvalue weighted by Gasteiger charge is -2.47. The maximum absolute atomic E-state index is 13.7. The molecule has 116 valence electrons. The van der Waals surface area contributed by atoms with Gasteiger partial charge in [-0.3, -0.25) is 0 Å². The lowest BCUT2D eigenvalue weighted by Crippen LogP contribution is -2.54. The van der Waals surface area contributed by atoms with Gasteiger partial charge in [-0.25, -0.2) is 4.39 Å². The fraction of sp³-hybridized carbons (Fsp3) is 0.667. The minimum Gasteiger partial charge on any atom is -0.307 e. The van der Waals surface area contributed by atoms with Crippen LogP contribution in [0.25, 0.3) is 0 Å². The Balaban J connectivity index is 1.65. The summed E-state index contributed by atoms with van der Waals surface area (Å²) in [5.74, 6) is -0.0959. The van der Waals surface area contributed by atoms with Crippen molar-refractivity contribution in [3.63, 3.8) is 0 Å². The Morgan fingerprint density at radius 1 is 1.24 bits per heavy atom. The number of rotatable bonds is 3. The molecule has 2 aliphatic rings. The summed E-state index contributed by atoms with van der Waals surface area (Å²) in [7, 11) is 2.28. The third-order valence-electron chi connectivity index (χ3n) is 5.52. The first-order valence-electron chi connectivity index (χ1n) is 8.28. The van der Waals surface area contributed by atoms with Gasteiger partial charge >= 0.3 is 0 Å². The van der Waals surface area contributed by atoms with E-state index in [0.717, 1.165) is 23.2 Å². The number of nitrogens with zero attached hydrogens (tertiary/aromatic N) is 1. The third-order valence-corrected chi connectivity index (χ3v) is 5.52. The van der Waals surface area contributed by atoms with Crippen molar-refractivity contribution in [3.05, 3.63) is 35.1 Å². The Labute approximate surface area is 127 Å². The summed E-state index contributed by atoms with van der Waals surface area (Å²) in [5, 5.41) is 3.74. The Morgan fingerprint density at radius 3 is 2.52 bits per heavy atom. The summed E-state index contributed by atoms with van der Waals surface area (Å²) >= 11 is 0. The Morgan fingerprint density at radius 2 is 1.90 bits per heavy atom. The number of hydrogen-bond acceptors (Lipinski definition) is 2. The van der Waals surface area contributed by atoms with Gasteiger partial charge in [0, 0.05) is 24.2 Å². The average molecular weight is 290 g/mol. The van der Waals surface area contributed by atoms with Gasteiger partial charge < -0.3 is 10.2 Å². The first-order valence-corrected chi connectivity index (χ1v) is 8.28. The Kier molecular flexibility index (Phi) is 4.32. The van der Waals surface area contributed by atoms with Gasteiger partial charge in [0.05, 0.1) is 0 Å². The molecule has 0 aromatic heterocycles. The van der Waals surface area contributed by atoms with Gasteiger partial charge in [0.2, 0.25) is 0 Å². The van der Waals surface area contributed by atoms with E-state index in [1.54, 1.807) is 6.07 Å². The second kappa shape index (κ2) is 6.05. The molecule has 3 heteroatoms. The molecule has 0 amide bonds. The molecule has 3 unspecified atom stereocenters. The molecule has 2 aliphatic heterocycles. The number of benzene rings is 1. The molecule has 0 spiro atoms. The monoisotopic (exact) mass is 290 g/mol. The van der Waals surface area contributed by atoms with E-state index >= 15 is 0 Å². The molecule has 2 bridgehead atoms. The SMILES string of the molecule is Cc1ccc(C(C)NC2CC3CCCC(C2)N3C)cc1F. The summed E-state index contributed by atoms with van der Waals surface area (Å²) in [6, 6.07) is 7.86. The average Bonchev–Trinajstić information content (AvgIpc) is 2.43. The molecule has 2 fully saturated rings. The van der Waals surface area contributed by atoms with Gasteiger partial charge in [-0.05, 0) is 63.8 Å². The van der Waals surface area contributed by atoms with E-state index in [1.165, 1.54) is 32.1 Å². The maximum atomic E-state index is 13.7. The number of hydrogen-bond donors (Lipinski definition) is 1. The number of aryl methyl sites for hydroxylation is 1. The van der Waals surface area contributed by atoms with Crippen molar-refractivity contribution in [1.82, 2.24) is 10.2 Å². The second-order valence-corrected chi connectivity index (χ2v) is 6.97. The van der Waals surface area contributed by atoms with E-state index in [9.17, 15) is 4.39 Å². The standard InChI is InChI=1S/C18H27FN2/c1-12-7-8-14(9-18(12)19)13(2)20-15-10-16-5-4-6-17(11-15)21(16)3/h7-9,13,15-17,20H,4-6,10-11H2,1-3H3. The van der Waals surface area contributed by atoms with Crippen LogP contribution in [-0.2, 0) is 0 Å². The number of halogens is 1. The van der Waals surface area contributed by atoms with Crippen LogP contribution >= 0.6 is 0 Å². The van der Waals surface area contributed by atoms with Crippen LogP contribution in [0, 0.1) is 12.7 Å². The normalized spacial score (nSPS) is 31.1. The maximum Gasteiger partial charge on any atom is 0.126 e. The van der Waals surface area contributed by atoms with Crippen LogP contribution in [0.15, 0.2) is 18.2 Å². The third kappa shape index (κ3) is 3.14. The highest BCUT2D eigenvalue weighted by molar-refractivity contribution is 5.25. The highest BCUT2D eigenvalue weighted by Gasteiger charge is 2.36. The number of nitrogens with one attached hydrogen (secondary N) is 1. The van der Waals surface area contributed by atoms with E-state index in [1.807, 2.05) is 19.1 Å². The molecule has 0 radical (unpaired) electrons. The largest absolute Gasteiger partial charge is 0.307 e. The van der Waals surface area contributed by atoms with E-state index in [4.69, 9.17) is 0 Å². The molecule has 0 aliphatic carbocycles. The minimum absolute atomic E-state index is 0.0959. The summed E-state index contributed by atoms with van der Waals surface area (Å²) in [6.07, 6.45) is 6.50. The number of piperidine rings is 2. The molecule has 2 saturated heterocycles. The first-order chi connectivity index (χ1) is 10.0. The first kappa shape index (κ1) is 15.0. The smallest absolute Gasteiger partial charge is 0.126 e. The zero-order valence-corrected chi connectivity index (χ0v) is 13.4. The minimum atomic E-state index is -0.0959. The van der Waals surface area contributed by atoms with E-state index in [-0.39, 0.29) is 11.9 Å². The van der Waals surface area contributed by atoms with Crippen LogP contribution in [0.4, 0.5) is 4.39 Å². The van der Waals surface area contributed by atoms with Crippen molar-refractivity contribution in [1.29, 1.82) is 0 Å². The topological polar surface area (TPSA) is 15.3 Å². The molecule has 3 rings (SSSR count). The van der Waals surface area contributed by atoms with Gasteiger partial charge in [0.15, 0.2) is 0 Å². The van der Waals surface area contributed by atoms with Crippen molar-refractivity contribution in [2.45, 2.75) is 70.1 Å². The van der Waals surface area contributed by atoms with Crippen molar-refractivity contribution in [2.24, 2.45) is 0 Å². The van der Waals surface area contributed by atoms with Gasteiger partial charge in [-0.2, -0.15) is 0 Å². The predicted molar refractivity (Wildman–Crippen MR) is 84.9 cm³/mol. The Hall–Kier alpha value is -0.930. The highest BCUT2D eigenvalue weighted by atomic mass is 19.1. The molecule has 1 N–H and O–H groups in total. The molecule has 0 saturated carbocycles. The van der Waals surface area contributed by atoms with Crippen LogP contribution in [0.2, 0.25) is 0 Å². The van der Waals surface area contributed by atoms with Crippen LogP contribution in [0.3, 0.4) is 0 Å². The lowest BCUT2D eigenvalue weighted by molar-refractivity contribution is 0.0463. The van der Waals surface area contributed by atoms with Crippen molar-refractivity contribution in [2.75, 3.05) is 7.05 Å². The van der Waals surface area contributed by atoms with Crippen molar-refractivity contribution >= 4 is 0 Å². The van der Waals surface area contributed by atoms with Gasteiger partial charge in [-0.1, -0.05) is 18.6 Å². The molecule has 3 atom stereocenters. The summed E-state index contributed by atoms with van der Waals surface area (Å²) in [4.78, 5) is 2.58. The fourth-order valence-electron chi connectivity index (χ4n) is 4.08. The summed E-state index contributed by atoms with van der Waals surface area (Å²) < 4.78 is 13.7. The summed E-state index contributed by atoms with van der Waals surface area (Å²) in [6.45, 7) is 3.97. The van der Waals surface area contributed by atoms with Crippen LogP contribution in [0.1, 0.15) is 56.2 Å². The van der Waals surface area contributed by atoms with Crippen LogP contribution < -0.4 is 5.32 Å². The highest BCUT2D eigenvalue weighted by Crippen LogP contribution is 2.33. The quantitative estimate of drug-likeness (QED) is 0.911. The van der Waals surface area contributed by atoms with Crippen LogP contribution in [0.5, 0.6) is 0 Å². The van der Waals surface area contributed by atoms with Gasteiger partial charge in [0.25, 0.3) is 0 Å². The lowest BCUT2D eigenvalue weighted by atomic mass is 9.82. The van der Waals surface area contributed by atoms with Gasteiger partial charge in [0.1, 0.15) is 5.82 Å². The zero-order chi connectivity index (χ0) is 15.0. The molecule has 1 aromatic carbocycles. The number of fused-ring (bicyclic) bond motifs is 2. The van der Waals surface area contributed by atoms with E-state index in [0.29, 0.717) is 6.04 Å². The van der Waals surface area contributed by atoms with Crippen molar-refractivity contribution < 1.29 is 4.39 Å². The summed E-state index contributed by atoms with van der Waals surface area (Å²) in [5.41, 5.74) is 1.78. The van der Waals surface area contributed by atoms with Crippen molar-refractivity contribution in [3.8, 4) is 0 Å². The molecule has 1 aromatic rings. The molecular weight excluding hydrogens is 263 g/mol. The zero-order valence-electron chi connectivity index (χ0n) is 13.4. The van der Waals surface area contributed by atoms with Crippen LogP contribution in [-0.4, -0.2) is 30.1 Å². The molecule has 2 nitrogen and oxygen atoms in total. The van der Waals surface area contributed by atoms with E-state index < -0.39 is 0 Å². The van der Waals surface area contributed by atoms with Gasteiger partial charge in [-0.15, -0.1) is 0 Å². The molecule has 21 heavy (non-hydrogen) atoms. The molecule has 2 heterocycles. The Bertz CT molecular complexity index is 488. The van der Waals surface area contributed by atoms with E-state index in [2.05, 4.69) is 24.2 Å². The molecular formula is C18H27FN2. The fourth-order valence-corrected chi connectivity index (χ4v) is 4.08.